The highest BCUT2D eigenvalue weighted by Crippen LogP contribution is 2.40. The van der Waals surface area contributed by atoms with E-state index in [1.807, 2.05) is 48.5 Å². The Morgan fingerprint density at radius 1 is 0.283 bits per heavy atom. The van der Waals surface area contributed by atoms with Gasteiger partial charge in [0.2, 0.25) is 0 Å². The Morgan fingerprint density at radius 2 is 0.792 bits per heavy atom. The summed E-state index contributed by atoms with van der Waals surface area (Å²) in [4.78, 5) is 15.3. The molecule has 4 heteroatoms. The van der Waals surface area contributed by atoms with Gasteiger partial charge in [0, 0.05) is 27.5 Å². The van der Waals surface area contributed by atoms with Crippen molar-refractivity contribution in [3.05, 3.63) is 188 Å². The van der Waals surface area contributed by atoms with E-state index in [4.69, 9.17) is 19.4 Å². The van der Waals surface area contributed by atoms with Gasteiger partial charge in [-0.3, -0.25) is 0 Å². The van der Waals surface area contributed by atoms with Gasteiger partial charge in [0.1, 0.15) is 11.2 Å². The van der Waals surface area contributed by atoms with Gasteiger partial charge in [0.25, 0.3) is 0 Å². The van der Waals surface area contributed by atoms with Crippen molar-refractivity contribution in [2.75, 3.05) is 0 Å². The summed E-state index contributed by atoms with van der Waals surface area (Å²) in [7, 11) is 0. The summed E-state index contributed by atoms with van der Waals surface area (Å²) in [5.41, 5.74) is 11.1. The molecule has 0 aliphatic heterocycles. The van der Waals surface area contributed by atoms with Crippen molar-refractivity contribution >= 4 is 32.7 Å². The Balaban J connectivity index is 1.15. The molecular weight excluding hydrogens is 647 g/mol. The van der Waals surface area contributed by atoms with E-state index in [1.54, 1.807) is 0 Å². The van der Waals surface area contributed by atoms with Crippen LogP contribution in [-0.4, -0.2) is 15.0 Å². The smallest absolute Gasteiger partial charge is 0.164 e. The van der Waals surface area contributed by atoms with Crippen LogP contribution >= 0.6 is 0 Å². The lowest BCUT2D eigenvalue weighted by Crippen LogP contribution is -2.01. The first-order valence-electron chi connectivity index (χ1n) is 17.8. The molecule has 53 heavy (non-hydrogen) atoms. The maximum absolute atomic E-state index is 6.43. The lowest BCUT2D eigenvalue weighted by molar-refractivity contribution is 0.669. The molecule has 4 nitrogen and oxygen atoms in total. The Hall–Kier alpha value is -7.17. The maximum atomic E-state index is 6.43. The van der Waals surface area contributed by atoms with Gasteiger partial charge in [0.05, 0.1) is 0 Å². The summed E-state index contributed by atoms with van der Waals surface area (Å²) in [6, 6.07) is 65.3. The van der Waals surface area contributed by atoms with Crippen molar-refractivity contribution in [3.63, 3.8) is 0 Å². The third kappa shape index (κ3) is 5.73. The fourth-order valence-corrected chi connectivity index (χ4v) is 7.19. The minimum absolute atomic E-state index is 0.581. The molecule has 0 unspecified atom stereocenters. The van der Waals surface area contributed by atoms with Gasteiger partial charge in [-0.1, -0.05) is 164 Å². The van der Waals surface area contributed by atoms with Crippen LogP contribution in [0.1, 0.15) is 0 Å². The monoisotopic (exact) mass is 677 g/mol. The molecule has 0 saturated heterocycles. The van der Waals surface area contributed by atoms with Gasteiger partial charge >= 0.3 is 0 Å². The minimum atomic E-state index is 0.581. The van der Waals surface area contributed by atoms with Crippen LogP contribution in [-0.2, 0) is 0 Å². The summed E-state index contributed by atoms with van der Waals surface area (Å²) < 4.78 is 6.43. The summed E-state index contributed by atoms with van der Waals surface area (Å²) in [5.74, 6) is 1.80. The van der Waals surface area contributed by atoms with Crippen molar-refractivity contribution in [1.29, 1.82) is 0 Å². The lowest BCUT2D eigenvalue weighted by Gasteiger charge is -2.13. The van der Waals surface area contributed by atoms with E-state index in [-0.39, 0.29) is 0 Å². The molecule has 0 radical (unpaired) electrons. The van der Waals surface area contributed by atoms with Crippen molar-refractivity contribution < 1.29 is 4.42 Å². The molecule has 0 aliphatic rings. The third-order valence-electron chi connectivity index (χ3n) is 9.95. The van der Waals surface area contributed by atoms with E-state index >= 15 is 0 Å². The van der Waals surface area contributed by atoms with Crippen molar-refractivity contribution in [2.24, 2.45) is 0 Å². The number of furan rings is 1. The molecule has 0 bridgehead atoms. The van der Waals surface area contributed by atoms with Crippen LogP contribution in [0.25, 0.3) is 100 Å². The second-order valence-corrected chi connectivity index (χ2v) is 13.2. The third-order valence-corrected chi connectivity index (χ3v) is 9.95. The largest absolute Gasteiger partial charge is 0.456 e. The number of fused-ring (bicyclic) bond motifs is 4. The highest BCUT2D eigenvalue weighted by atomic mass is 16.3. The van der Waals surface area contributed by atoms with Crippen LogP contribution in [0.4, 0.5) is 0 Å². The highest BCUT2D eigenvalue weighted by molar-refractivity contribution is 6.08. The Labute approximate surface area is 306 Å². The first-order chi connectivity index (χ1) is 26.2. The minimum Gasteiger partial charge on any atom is -0.456 e. The van der Waals surface area contributed by atoms with Crippen LogP contribution in [0, 0.1) is 0 Å². The SMILES string of the molecule is c1ccc(-c2ccc(-c3nc(-c4ccccc4)nc(-c4cc5oc6ccccc6c5cc4-c4ccc(-c5ccc6ccccc6c5)cc4)n3)cc2)cc1. The van der Waals surface area contributed by atoms with Crippen LogP contribution in [0.5, 0.6) is 0 Å². The van der Waals surface area contributed by atoms with Crippen molar-refractivity contribution in [2.45, 2.75) is 0 Å². The van der Waals surface area contributed by atoms with Crippen LogP contribution in [0.3, 0.4) is 0 Å². The summed E-state index contributed by atoms with van der Waals surface area (Å²) in [6.07, 6.45) is 0. The first-order valence-corrected chi connectivity index (χ1v) is 17.8. The number of para-hydroxylation sites is 1. The molecule has 0 fully saturated rings. The predicted octanol–water partition coefficient (Wildman–Crippen LogP) is 12.9. The number of rotatable bonds is 6. The van der Waals surface area contributed by atoms with E-state index in [0.29, 0.717) is 17.5 Å². The number of hydrogen-bond donors (Lipinski definition) is 0. The van der Waals surface area contributed by atoms with Crippen LogP contribution in [0.15, 0.2) is 192 Å². The summed E-state index contributed by atoms with van der Waals surface area (Å²) in [5, 5.41) is 4.58. The predicted molar refractivity (Wildman–Crippen MR) is 217 cm³/mol. The molecule has 0 amide bonds. The summed E-state index contributed by atoms with van der Waals surface area (Å²) >= 11 is 0. The topological polar surface area (TPSA) is 51.8 Å². The van der Waals surface area contributed by atoms with Gasteiger partial charge < -0.3 is 4.42 Å². The molecular formula is C49H31N3O. The van der Waals surface area contributed by atoms with Crippen molar-refractivity contribution in [1.82, 2.24) is 15.0 Å². The molecule has 0 N–H and O–H groups in total. The molecule has 10 rings (SSSR count). The maximum Gasteiger partial charge on any atom is 0.164 e. The fourth-order valence-electron chi connectivity index (χ4n) is 7.19. The van der Waals surface area contributed by atoms with Gasteiger partial charge in [-0.05, 0) is 68.4 Å². The van der Waals surface area contributed by atoms with Gasteiger partial charge in [-0.25, -0.2) is 15.0 Å². The number of hydrogen-bond acceptors (Lipinski definition) is 4. The zero-order chi connectivity index (χ0) is 35.1. The molecule has 8 aromatic carbocycles. The number of aromatic nitrogens is 3. The highest BCUT2D eigenvalue weighted by Gasteiger charge is 2.19. The molecule has 2 heterocycles. The molecule has 0 spiro atoms. The Kier molecular flexibility index (Phi) is 7.43. The summed E-state index contributed by atoms with van der Waals surface area (Å²) in [6.45, 7) is 0. The fraction of sp³-hybridized carbons (Fsp3) is 0. The molecule has 10 aromatic rings. The quantitative estimate of drug-likeness (QED) is 0.176. The van der Waals surface area contributed by atoms with Gasteiger partial charge in [-0.2, -0.15) is 0 Å². The average molecular weight is 678 g/mol. The molecule has 2 aromatic heterocycles. The zero-order valence-electron chi connectivity index (χ0n) is 28.6. The molecule has 0 saturated carbocycles. The Bertz CT molecular complexity index is 2910. The second-order valence-electron chi connectivity index (χ2n) is 13.2. The lowest BCUT2D eigenvalue weighted by atomic mass is 9.94. The van der Waals surface area contributed by atoms with E-state index in [0.717, 1.165) is 66.4 Å². The standard InChI is InChI=1S/C49H31N3O/c1-3-11-32(12-4-1)34-21-26-38(27-22-34)48-50-47(37-14-5-2-6-15-37)51-49(52-48)44-31-46-43(41-17-9-10-18-45(41)53-46)30-42(44)36-24-19-35(20-25-36)40-28-23-33-13-7-8-16-39(33)29-40/h1-31H. The molecule has 248 valence electrons. The van der Waals surface area contributed by atoms with E-state index < -0.39 is 0 Å². The van der Waals surface area contributed by atoms with Gasteiger partial charge in [0.15, 0.2) is 17.5 Å². The second kappa shape index (κ2) is 12.9. The zero-order valence-corrected chi connectivity index (χ0v) is 28.6. The van der Waals surface area contributed by atoms with Gasteiger partial charge in [-0.15, -0.1) is 0 Å². The van der Waals surface area contributed by atoms with Crippen LogP contribution in [0.2, 0.25) is 0 Å². The number of nitrogens with zero attached hydrogens (tertiary/aromatic N) is 3. The van der Waals surface area contributed by atoms with E-state index in [2.05, 4.69) is 140 Å². The first kappa shape index (κ1) is 30.6. The molecule has 0 aliphatic carbocycles. The van der Waals surface area contributed by atoms with Crippen molar-refractivity contribution in [3.8, 4) is 67.5 Å². The van der Waals surface area contributed by atoms with Crippen LogP contribution < -0.4 is 0 Å². The Morgan fingerprint density at radius 3 is 1.53 bits per heavy atom. The normalized spacial score (nSPS) is 11.4. The van der Waals surface area contributed by atoms with E-state index in [9.17, 15) is 0 Å². The average Bonchev–Trinajstić information content (AvgIpc) is 3.61. The number of benzene rings is 8. The van der Waals surface area contributed by atoms with E-state index in [1.165, 1.54) is 16.3 Å². The molecule has 0 atom stereocenters.